The summed E-state index contributed by atoms with van der Waals surface area (Å²) in [5, 5.41) is 4.09. The Balaban J connectivity index is 1.96. The van der Waals surface area contributed by atoms with Crippen molar-refractivity contribution in [1.29, 1.82) is 0 Å². The third kappa shape index (κ3) is 3.48. The van der Waals surface area contributed by atoms with Crippen LogP contribution in [0.25, 0.3) is 0 Å². The Hall–Kier alpha value is -1.06. The number of halogens is 1. The Morgan fingerprint density at radius 1 is 1.47 bits per heavy atom. The number of hydrogen-bond donors (Lipinski definition) is 1. The van der Waals surface area contributed by atoms with Gasteiger partial charge in [-0.15, -0.1) is 0 Å². The van der Waals surface area contributed by atoms with E-state index in [1.54, 1.807) is 6.20 Å². The quantitative estimate of drug-likeness (QED) is 0.677. The molecule has 1 aliphatic heterocycles. The predicted octanol–water partition coefficient (Wildman–Crippen LogP) is 3.25. The standard InChI is InChI=1S/C15H22ClN3/c1-11-9-12-13(5-6-18-14(12)16)19(11)8-7-17-10-15(2,3)4/h5-6,17H,1,7-10H2,2-4H3. The Morgan fingerprint density at radius 3 is 2.89 bits per heavy atom. The summed E-state index contributed by atoms with van der Waals surface area (Å²) in [4.78, 5) is 6.37. The third-order valence-electron chi connectivity index (χ3n) is 3.20. The first kappa shape index (κ1) is 14.4. The minimum absolute atomic E-state index is 0.313. The maximum atomic E-state index is 6.13. The lowest BCUT2D eigenvalue weighted by Gasteiger charge is -2.23. The Labute approximate surface area is 120 Å². The maximum Gasteiger partial charge on any atom is 0.134 e. The number of nitrogens with one attached hydrogen (secondary N) is 1. The van der Waals surface area contributed by atoms with Crippen molar-refractivity contribution in [1.82, 2.24) is 10.3 Å². The van der Waals surface area contributed by atoms with Crippen LogP contribution in [0.1, 0.15) is 26.3 Å². The fourth-order valence-corrected chi connectivity index (χ4v) is 2.50. The fourth-order valence-electron chi connectivity index (χ4n) is 2.28. The highest BCUT2D eigenvalue weighted by Crippen LogP contribution is 2.36. The molecule has 0 bridgehead atoms. The second-order valence-corrected chi connectivity index (χ2v) is 6.59. The topological polar surface area (TPSA) is 28.2 Å². The molecule has 0 amide bonds. The van der Waals surface area contributed by atoms with Crippen LogP contribution in [0.3, 0.4) is 0 Å². The van der Waals surface area contributed by atoms with Gasteiger partial charge in [-0.25, -0.2) is 4.98 Å². The Morgan fingerprint density at radius 2 is 2.21 bits per heavy atom. The zero-order chi connectivity index (χ0) is 14.0. The lowest BCUT2D eigenvalue weighted by molar-refractivity contribution is 0.382. The highest BCUT2D eigenvalue weighted by Gasteiger charge is 2.24. The molecule has 19 heavy (non-hydrogen) atoms. The summed E-state index contributed by atoms with van der Waals surface area (Å²) in [7, 11) is 0. The fraction of sp³-hybridized carbons (Fsp3) is 0.533. The molecule has 104 valence electrons. The molecule has 0 spiro atoms. The zero-order valence-electron chi connectivity index (χ0n) is 12.0. The molecule has 1 aromatic rings. The van der Waals surface area contributed by atoms with Crippen LogP contribution in [0.2, 0.25) is 5.15 Å². The van der Waals surface area contributed by atoms with Crippen LogP contribution in [0, 0.1) is 5.41 Å². The minimum atomic E-state index is 0.313. The Bertz CT molecular complexity index is 477. The van der Waals surface area contributed by atoms with Crippen LogP contribution in [0.4, 0.5) is 5.69 Å². The smallest absolute Gasteiger partial charge is 0.134 e. The van der Waals surface area contributed by atoms with Crippen molar-refractivity contribution in [3.63, 3.8) is 0 Å². The van der Waals surface area contributed by atoms with E-state index in [1.807, 2.05) is 6.07 Å². The molecule has 0 radical (unpaired) electrons. The van der Waals surface area contributed by atoms with E-state index in [9.17, 15) is 0 Å². The summed E-state index contributed by atoms with van der Waals surface area (Å²) in [5.41, 5.74) is 3.67. The molecule has 1 N–H and O–H groups in total. The molecule has 0 unspecified atom stereocenters. The van der Waals surface area contributed by atoms with Crippen molar-refractivity contribution in [3.05, 3.63) is 35.3 Å². The van der Waals surface area contributed by atoms with Gasteiger partial charge in [0, 0.05) is 49.2 Å². The van der Waals surface area contributed by atoms with Crippen molar-refractivity contribution in [2.45, 2.75) is 27.2 Å². The molecule has 3 nitrogen and oxygen atoms in total. The van der Waals surface area contributed by atoms with E-state index in [-0.39, 0.29) is 0 Å². The monoisotopic (exact) mass is 279 g/mol. The molecule has 0 aliphatic carbocycles. The summed E-state index contributed by atoms with van der Waals surface area (Å²) in [5.74, 6) is 0. The van der Waals surface area contributed by atoms with Gasteiger partial charge in [0.2, 0.25) is 0 Å². The molecular weight excluding hydrogens is 258 g/mol. The number of anilines is 1. The number of pyridine rings is 1. The molecule has 1 aromatic heterocycles. The second kappa shape index (κ2) is 5.51. The van der Waals surface area contributed by atoms with Gasteiger partial charge in [-0.3, -0.25) is 0 Å². The minimum Gasteiger partial charge on any atom is -0.344 e. The van der Waals surface area contributed by atoms with Gasteiger partial charge >= 0.3 is 0 Å². The van der Waals surface area contributed by atoms with E-state index >= 15 is 0 Å². The summed E-state index contributed by atoms with van der Waals surface area (Å²) in [6.07, 6.45) is 2.57. The molecule has 2 heterocycles. The summed E-state index contributed by atoms with van der Waals surface area (Å²) in [6.45, 7) is 13.7. The molecule has 0 aromatic carbocycles. The van der Waals surface area contributed by atoms with Crippen LogP contribution in [-0.4, -0.2) is 24.6 Å². The molecular formula is C15H22ClN3. The van der Waals surface area contributed by atoms with E-state index in [4.69, 9.17) is 11.6 Å². The Kier molecular flexibility index (Phi) is 4.16. The van der Waals surface area contributed by atoms with Crippen LogP contribution in [-0.2, 0) is 6.42 Å². The summed E-state index contributed by atoms with van der Waals surface area (Å²) in [6, 6.07) is 2.02. The number of nitrogens with zero attached hydrogens (tertiary/aromatic N) is 2. The maximum absolute atomic E-state index is 6.13. The highest BCUT2D eigenvalue weighted by atomic mass is 35.5. The second-order valence-electron chi connectivity index (χ2n) is 6.23. The van der Waals surface area contributed by atoms with E-state index in [2.05, 4.69) is 42.6 Å². The predicted molar refractivity (Wildman–Crippen MR) is 81.8 cm³/mol. The van der Waals surface area contributed by atoms with E-state index in [0.717, 1.165) is 43.0 Å². The third-order valence-corrected chi connectivity index (χ3v) is 3.53. The summed E-state index contributed by atoms with van der Waals surface area (Å²) >= 11 is 6.13. The first-order chi connectivity index (χ1) is 8.88. The van der Waals surface area contributed by atoms with Gasteiger partial charge < -0.3 is 10.2 Å². The number of rotatable bonds is 4. The normalized spacial score (nSPS) is 14.9. The van der Waals surface area contributed by atoms with Crippen molar-refractivity contribution in [2.75, 3.05) is 24.5 Å². The van der Waals surface area contributed by atoms with Crippen molar-refractivity contribution < 1.29 is 0 Å². The number of allylic oxidation sites excluding steroid dienone is 1. The van der Waals surface area contributed by atoms with E-state index in [1.165, 1.54) is 0 Å². The van der Waals surface area contributed by atoms with Crippen molar-refractivity contribution >= 4 is 17.3 Å². The van der Waals surface area contributed by atoms with Crippen LogP contribution in [0.5, 0.6) is 0 Å². The average Bonchev–Trinajstić information content (AvgIpc) is 2.62. The largest absolute Gasteiger partial charge is 0.344 e. The van der Waals surface area contributed by atoms with Crippen molar-refractivity contribution in [3.8, 4) is 0 Å². The van der Waals surface area contributed by atoms with Gasteiger partial charge in [0.05, 0.1) is 0 Å². The van der Waals surface area contributed by atoms with Gasteiger partial charge in [0.1, 0.15) is 5.15 Å². The van der Waals surface area contributed by atoms with Gasteiger partial charge in [-0.2, -0.15) is 0 Å². The molecule has 0 saturated carbocycles. The lowest BCUT2D eigenvalue weighted by Crippen LogP contribution is -2.34. The SMILES string of the molecule is C=C1Cc2c(ccnc2Cl)N1CCNCC(C)(C)C. The number of fused-ring (bicyclic) bond motifs is 1. The molecule has 0 atom stereocenters. The van der Waals surface area contributed by atoms with E-state index < -0.39 is 0 Å². The van der Waals surface area contributed by atoms with Crippen LogP contribution >= 0.6 is 11.6 Å². The highest BCUT2D eigenvalue weighted by molar-refractivity contribution is 6.30. The first-order valence-electron chi connectivity index (χ1n) is 6.68. The average molecular weight is 280 g/mol. The van der Waals surface area contributed by atoms with Gasteiger partial charge in [0.15, 0.2) is 0 Å². The van der Waals surface area contributed by atoms with E-state index in [0.29, 0.717) is 10.6 Å². The van der Waals surface area contributed by atoms with Gasteiger partial charge in [-0.05, 0) is 11.5 Å². The van der Waals surface area contributed by atoms with Gasteiger partial charge in [0.25, 0.3) is 0 Å². The zero-order valence-corrected chi connectivity index (χ0v) is 12.7. The molecule has 2 rings (SSSR count). The number of hydrogen-bond acceptors (Lipinski definition) is 3. The molecule has 1 aliphatic rings. The first-order valence-corrected chi connectivity index (χ1v) is 7.06. The summed E-state index contributed by atoms with van der Waals surface area (Å²) < 4.78 is 0. The number of aromatic nitrogens is 1. The molecule has 4 heteroatoms. The molecule has 0 fully saturated rings. The van der Waals surface area contributed by atoms with Crippen LogP contribution in [0.15, 0.2) is 24.5 Å². The lowest BCUT2D eigenvalue weighted by atomic mass is 9.97. The van der Waals surface area contributed by atoms with Gasteiger partial charge in [-0.1, -0.05) is 39.0 Å². The molecule has 0 saturated heterocycles. The van der Waals surface area contributed by atoms with Crippen molar-refractivity contribution in [2.24, 2.45) is 5.41 Å². The van der Waals surface area contributed by atoms with Crippen LogP contribution < -0.4 is 10.2 Å².